The average molecular weight is 202 g/mol. The Morgan fingerprint density at radius 2 is 1.79 bits per heavy atom. The quantitative estimate of drug-likeness (QED) is 0.552. The minimum absolute atomic E-state index is 0.606. The molecule has 14 heavy (non-hydrogen) atoms. The number of Topliss-reactive ketones (excluding diaryl/α,β-unsaturated/α-hetero) is 1. The van der Waals surface area contributed by atoms with Crippen LogP contribution in [0.15, 0.2) is 12.1 Å². The van der Waals surface area contributed by atoms with Gasteiger partial charge in [-0.2, -0.15) is 0 Å². The van der Waals surface area contributed by atoms with Gasteiger partial charge >= 0.3 is 5.97 Å². The van der Waals surface area contributed by atoms with Crippen LogP contribution in [0.5, 0.6) is 5.75 Å². The fourth-order valence-corrected chi connectivity index (χ4v) is 0.857. The van der Waals surface area contributed by atoms with Crippen LogP contribution in [0.2, 0.25) is 0 Å². The van der Waals surface area contributed by atoms with Crippen molar-refractivity contribution in [2.75, 3.05) is 0 Å². The summed E-state index contributed by atoms with van der Waals surface area (Å²) >= 11 is 0. The molecule has 0 heterocycles. The number of carbonyl (C=O) groups is 2. The van der Waals surface area contributed by atoms with E-state index in [1.165, 1.54) is 0 Å². The number of hydrogen-bond donors (Lipinski definition) is 2. The fourth-order valence-electron chi connectivity index (χ4n) is 0.857. The van der Waals surface area contributed by atoms with Gasteiger partial charge in [-0.15, -0.1) is 0 Å². The maximum Gasteiger partial charge on any atom is 0.377 e. The van der Waals surface area contributed by atoms with E-state index < -0.39 is 34.7 Å². The molecular formula is C8H4F2O4. The third-order valence-electron chi connectivity index (χ3n) is 1.49. The van der Waals surface area contributed by atoms with Crippen molar-refractivity contribution in [1.29, 1.82) is 0 Å². The van der Waals surface area contributed by atoms with Crippen LogP contribution in [0.4, 0.5) is 8.78 Å². The molecule has 0 atom stereocenters. The number of rotatable bonds is 2. The van der Waals surface area contributed by atoms with Crippen LogP contribution < -0.4 is 0 Å². The van der Waals surface area contributed by atoms with Gasteiger partial charge in [0.1, 0.15) is 11.4 Å². The Morgan fingerprint density at radius 3 is 2.29 bits per heavy atom. The summed E-state index contributed by atoms with van der Waals surface area (Å²) in [7, 11) is 0. The number of halogens is 2. The van der Waals surface area contributed by atoms with Crippen LogP contribution in [0.3, 0.4) is 0 Å². The zero-order chi connectivity index (χ0) is 10.9. The molecule has 0 amide bonds. The Hall–Kier alpha value is -1.98. The second-order valence-electron chi connectivity index (χ2n) is 2.39. The summed E-state index contributed by atoms with van der Waals surface area (Å²) in [5.41, 5.74) is -1.27. The number of phenols is 1. The third-order valence-corrected chi connectivity index (χ3v) is 1.49. The van der Waals surface area contributed by atoms with Gasteiger partial charge < -0.3 is 10.2 Å². The van der Waals surface area contributed by atoms with Crippen molar-refractivity contribution in [2.45, 2.75) is 0 Å². The third kappa shape index (κ3) is 1.54. The van der Waals surface area contributed by atoms with Gasteiger partial charge in [0.05, 0.1) is 0 Å². The fraction of sp³-hybridized carbons (Fsp3) is 0. The minimum Gasteiger partial charge on any atom is -0.505 e. The van der Waals surface area contributed by atoms with Crippen LogP contribution >= 0.6 is 0 Å². The first kappa shape index (κ1) is 10.1. The molecule has 4 nitrogen and oxygen atoms in total. The molecule has 1 aromatic carbocycles. The van der Waals surface area contributed by atoms with Gasteiger partial charge in [0.25, 0.3) is 5.78 Å². The lowest BCUT2D eigenvalue weighted by Crippen LogP contribution is -2.16. The number of carboxylic acids is 1. The van der Waals surface area contributed by atoms with Crippen LogP contribution in [0.25, 0.3) is 0 Å². The summed E-state index contributed by atoms with van der Waals surface area (Å²) in [6.07, 6.45) is 0. The molecule has 2 N–H and O–H groups in total. The lowest BCUT2D eigenvalue weighted by molar-refractivity contribution is -0.131. The molecule has 0 saturated carbocycles. The van der Waals surface area contributed by atoms with E-state index in [9.17, 15) is 18.4 Å². The van der Waals surface area contributed by atoms with Gasteiger partial charge in [-0.05, 0) is 12.1 Å². The molecule has 0 bridgehead atoms. The molecule has 0 unspecified atom stereocenters. The molecule has 0 saturated heterocycles. The average Bonchev–Trinajstić information content (AvgIpc) is 2.12. The van der Waals surface area contributed by atoms with Crippen LogP contribution in [0, 0.1) is 11.6 Å². The van der Waals surface area contributed by atoms with E-state index in [-0.39, 0.29) is 0 Å². The molecule has 0 aliphatic carbocycles. The van der Waals surface area contributed by atoms with Crippen LogP contribution in [0.1, 0.15) is 10.4 Å². The highest BCUT2D eigenvalue weighted by Crippen LogP contribution is 2.22. The Kier molecular flexibility index (Phi) is 2.46. The van der Waals surface area contributed by atoms with Crippen molar-refractivity contribution in [3.63, 3.8) is 0 Å². The highest BCUT2D eigenvalue weighted by Gasteiger charge is 2.25. The molecule has 0 aliphatic rings. The van der Waals surface area contributed by atoms with E-state index in [0.29, 0.717) is 12.1 Å². The highest BCUT2D eigenvalue weighted by molar-refractivity contribution is 6.40. The molecule has 6 heteroatoms. The van der Waals surface area contributed by atoms with E-state index in [1.807, 2.05) is 0 Å². The van der Waals surface area contributed by atoms with Gasteiger partial charge in [0, 0.05) is 0 Å². The Balaban J connectivity index is 3.40. The molecule has 0 aliphatic heterocycles. The van der Waals surface area contributed by atoms with Gasteiger partial charge in [-0.1, -0.05) is 0 Å². The first-order valence-corrected chi connectivity index (χ1v) is 3.39. The number of hydrogen-bond acceptors (Lipinski definition) is 3. The van der Waals surface area contributed by atoms with Crippen molar-refractivity contribution in [1.82, 2.24) is 0 Å². The Morgan fingerprint density at radius 1 is 1.21 bits per heavy atom. The number of carbonyl (C=O) groups excluding carboxylic acids is 1. The molecule has 0 aromatic heterocycles. The van der Waals surface area contributed by atoms with Crippen LogP contribution in [-0.4, -0.2) is 22.0 Å². The number of carboxylic acid groups (broad SMARTS) is 1. The predicted molar refractivity (Wildman–Crippen MR) is 40.0 cm³/mol. The largest absolute Gasteiger partial charge is 0.505 e. The first-order valence-electron chi connectivity index (χ1n) is 3.39. The van der Waals surface area contributed by atoms with E-state index in [4.69, 9.17) is 10.2 Å². The summed E-state index contributed by atoms with van der Waals surface area (Å²) in [4.78, 5) is 20.9. The summed E-state index contributed by atoms with van der Waals surface area (Å²) < 4.78 is 25.7. The number of benzene rings is 1. The molecule has 1 rings (SSSR count). The maximum atomic E-state index is 12.9. The number of aliphatic carboxylic acids is 1. The molecular weight excluding hydrogens is 198 g/mol. The topological polar surface area (TPSA) is 74.6 Å². The summed E-state index contributed by atoms with van der Waals surface area (Å²) in [5.74, 6) is -7.61. The smallest absolute Gasteiger partial charge is 0.377 e. The highest BCUT2D eigenvalue weighted by atomic mass is 19.1. The first-order chi connectivity index (χ1) is 6.45. The van der Waals surface area contributed by atoms with Crippen molar-refractivity contribution < 1.29 is 28.6 Å². The lowest BCUT2D eigenvalue weighted by atomic mass is 10.1. The normalized spacial score (nSPS) is 9.86. The Bertz CT molecular complexity index is 414. The van der Waals surface area contributed by atoms with Crippen molar-refractivity contribution in [2.24, 2.45) is 0 Å². The minimum atomic E-state index is -1.99. The molecule has 1 aromatic rings. The number of aromatic hydroxyl groups is 1. The van der Waals surface area contributed by atoms with Gasteiger partial charge in [0.15, 0.2) is 11.6 Å². The second kappa shape index (κ2) is 3.41. The van der Waals surface area contributed by atoms with E-state index in [2.05, 4.69) is 0 Å². The Labute approximate surface area is 76.4 Å². The van der Waals surface area contributed by atoms with E-state index in [1.54, 1.807) is 0 Å². The molecule has 0 spiro atoms. The zero-order valence-corrected chi connectivity index (χ0v) is 6.62. The molecule has 0 radical (unpaired) electrons. The van der Waals surface area contributed by atoms with Gasteiger partial charge in [-0.3, -0.25) is 4.79 Å². The summed E-state index contributed by atoms with van der Waals surface area (Å²) in [6.45, 7) is 0. The van der Waals surface area contributed by atoms with Gasteiger partial charge in [0.2, 0.25) is 0 Å². The second-order valence-corrected chi connectivity index (χ2v) is 2.39. The van der Waals surface area contributed by atoms with Gasteiger partial charge in [-0.25, -0.2) is 13.6 Å². The van der Waals surface area contributed by atoms with E-state index in [0.717, 1.165) is 0 Å². The number of ketones is 1. The van der Waals surface area contributed by atoms with Crippen LogP contribution in [-0.2, 0) is 4.79 Å². The SMILES string of the molecule is O=C(O)C(=O)c1c(F)ccc(O)c1F. The standard InChI is InChI=1S/C8H4F2O4/c9-3-1-2-4(11)6(10)5(3)7(12)8(13)14/h1-2,11H,(H,13,14). The van der Waals surface area contributed by atoms with Crippen molar-refractivity contribution >= 4 is 11.8 Å². The monoisotopic (exact) mass is 202 g/mol. The summed E-state index contributed by atoms with van der Waals surface area (Å²) in [6, 6.07) is 1.29. The predicted octanol–water partition coefficient (Wildman–Crippen LogP) is 0.938. The summed E-state index contributed by atoms with van der Waals surface area (Å²) in [5, 5.41) is 17.0. The van der Waals surface area contributed by atoms with Crippen molar-refractivity contribution in [3.8, 4) is 5.75 Å². The lowest BCUT2D eigenvalue weighted by Gasteiger charge is -2.01. The van der Waals surface area contributed by atoms with Crippen molar-refractivity contribution in [3.05, 3.63) is 29.3 Å². The number of phenolic OH excluding ortho intramolecular Hbond substituents is 1. The molecule has 0 fully saturated rings. The maximum absolute atomic E-state index is 12.9. The zero-order valence-electron chi connectivity index (χ0n) is 6.62. The molecule has 74 valence electrons. The van der Waals surface area contributed by atoms with E-state index >= 15 is 0 Å².